The van der Waals surface area contributed by atoms with Crippen LogP contribution in [0.25, 0.3) is 0 Å². The van der Waals surface area contributed by atoms with Gasteiger partial charge in [0.05, 0.1) is 27.7 Å². The van der Waals surface area contributed by atoms with E-state index in [4.69, 9.17) is 18.5 Å². The highest BCUT2D eigenvalue weighted by Crippen LogP contribution is 2.43. The van der Waals surface area contributed by atoms with Crippen molar-refractivity contribution in [2.45, 2.75) is 238 Å². The summed E-state index contributed by atoms with van der Waals surface area (Å²) in [5, 5.41) is 0. The molecule has 504 valence electrons. The molecule has 0 fully saturated rings. The summed E-state index contributed by atoms with van der Waals surface area (Å²) >= 11 is 0. The number of hydrogen-bond donors (Lipinski definition) is 1. The number of phosphoric acid groups is 1. The van der Waals surface area contributed by atoms with Gasteiger partial charge in [-0.1, -0.05) is 278 Å². The van der Waals surface area contributed by atoms with Gasteiger partial charge in [0, 0.05) is 12.8 Å². The molecule has 0 spiro atoms. The van der Waals surface area contributed by atoms with Gasteiger partial charge in [0.2, 0.25) is 0 Å². The highest BCUT2D eigenvalue weighted by Gasteiger charge is 2.27. The summed E-state index contributed by atoms with van der Waals surface area (Å²) in [6, 6.07) is 0. The number of ether oxygens (including phenoxy) is 2. The number of phosphoric ester groups is 1. The van der Waals surface area contributed by atoms with E-state index < -0.39 is 32.5 Å². The van der Waals surface area contributed by atoms with E-state index >= 15 is 0 Å². The predicted octanol–water partition coefficient (Wildman–Crippen LogP) is 23.0. The van der Waals surface area contributed by atoms with Crippen LogP contribution in [0.15, 0.2) is 207 Å². The molecule has 0 aliphatic heterocycles. The molecule has 90 heavy (non-hydrogen) atoms. The fourth-order valence-electron chi connectivity index (χ4n) is 8.55. The van der Waals surface area contributed by atoms with E-state index in [9.17, 15) is 19.0 Å². The number of nitrogens with zero attached hydrogens (tertiary/aromatic N) is 1. The topological polar surface area (TPSA) is 108 Å². The molecule has 0 bridgehead atoms. The highest BCUT2D eigenvalue weighted by atomic mass is 31.2. The molecule has 1 N–H and O–H groups in total. The molecule has 9 nitrogen and oxygen atoms in total. The van der Waals surface area contributed by atoms with Gasteiger partial charge in [-0.05, 0) is 148 Å². The summed E-state index contributed by atoms with van der Waals surface area (Å²) in [6.45, 7) is 4.13. The lowest BCUT2D eigenvalue weighted by Crippen LogP contribution is -2.37. The standard InChI is InChI=1S/C80H126NO8P/c1-6-8-10-12-14-16-18-20-22-24-26-28-30-32-34-35-36-37-38-39-40-41-42-43-44-45-47-49-51-53-55-57-59-61-63-65-67-69-71-73-80(83)89-78(77-88-90(84,85)87-75-74-81(3,4)5)76-86-79(82)72-70-68-66-64-62-60-58-56-54-52-50-48-46-33-31-29-27-25-23-21-19-17-15-13-11-9-7-2/h8-11,14-17,20-23,26-29,32-34,36-37,39-40,42-43,45-47,51,53,57,59,63,65,78H,6-7,12-13,18-19,24-25,30-31,35,38,41,44,48-50,52,54-56,58,60-62,64,66-77H2,1-5H3/p+1/b10-8-,11-9-,16-14-,17-15-,22-20-,23-21-,28-26-,29-27-,34-32-,37-36-,40-39-,43-42-,46-33-,47-45-,53-51-,59-57-,65-63-. The van der Waals surface area contributed by atoms with Crippen LogP contribution >= 0.6 is 7.82 Å². The van der Waals surface area contributed by atoms with Gasteiger partial charge in [0.15, 0.2) is 6.10 Å². The zero-order chi connectivity index (χ0) is 65.5. The molecule has 2 atom stereocenters. The molecule has 0 rings (SSSR count). The van der Waals surface area contributed by atoms with Crippen LogP contribution in [0.2, 0.25) is 0 Å². The molecule has 0 aromatic carbocycles. The Morgan fingerprint density at radius 3 is 0.911 bits per heavy atom. The van der Waals surface area contributed by atoms with Gasteiger partial charge in [-0.3, -0.25) is 18.6 Å². The Labute approximate surface area is 551 Å². The highest BCUT2D eigenvalue weighted by molar-refractivity contribution is 7.47. The van der Waals surface area contributed by atoms with Gasteiger partial charge in [-0.25, -0.2) is 4.57 Å². The number of hydrogen-bond acceptors (Lipinski definition) is 7. The van der Waals surface area contributed by atoms with Crippen LogP contribution in [0.3, 0.4) is 0 Å². The summed E-state index contributed by atoms with van der Waals surface area (Å²) in [7, 11) is 1.42. The molecule has 0 aromatic rings. The molecular weight excluding hydrogens is 1130 g/mol. The van der Waals surface area contributed by atoms with Gasteiger partial charge < -0.3 is 18.9 Å². The molecule has 0 saturated heterocycles. The van der Waals surface area contributed by atoms with Gasteiger partial charge in [0.1, 0.15) is 19.8 Å². The van der Waals surface area contributed by atoms with E-state index in [1.165, 1.54) is 44.9 Å². The van der Waals surface area contributed by atoms with Crippen molar-refractivity contribution in [3.8, 4) is 0 Å². The van der Waals surface area contributed by atoms with Crippen LogP contribution in [0, 0.1) is 0 Å². The summed E-state index contributed by atoms with van der Waals surface area (Å²) in [6.07, 6.45) is 108. The predicted molar refractivity (Wildman–Crippen MR) is 389 cm³/mol. The largest absolute Gasteiger partial charge is 0.472 e. The summed E-state index contributed by atoms with van der Waals surface area (Å²) in [5.41, 5.74) is 0. The molecule has 10 heteroatoms. The van der Waals surface area contributed by atoms with Crippen molar-refractivity contribution in [2.24, 2.45) is 0 Å². The third kappa shape index (κ3) is 71.7. The second-order valence-corrected chi connectivity index (χ2v) is 24.9. The lowest BCUT2D eigenvalue weighted by atomic mass is 10.0. The van der Waals surface area contributed by atoms with Crippen LogP contribution in [0.4, 0.5) is 0 Å². The Balaban J connectivity index is 4.24. The van der Waals surface area contributed by atoms with Crippen molar-refractivity contribution in [2.75, 3.05) is 47.5 Å². The van der Waals surface area contributed by atoms with Crippen LogP contribution in [-0.4, -0.2) is 74.9 Å². The minimum Gasteiger partial charge on any atom is -0.462 e. The lowest BCUT2D eigenvalue weighted by molar-refractivity contribution is -0.870. The molecule has 2 unspecified atom stereocenters. The summed E-state index contributed by atoms with van der Waals surface area (Å²) in [5.74, 6) is -0.868. The molecule has 0 aromatic heterocycles. The van der Waals surface area contributed by atoms with Crippen LogP contribution in [0.5, 0.6) is 0 Å². The van der Waals surface area contributed by atoms with Gasteiger partial charge in [-0.2, -0.15) is 0 Å². The SMILES string of the molecule is CC/C=C\C/C=C\C/C=C\C/C=C\C/C=C\C/C=C\C/C=C\C/C=C\C/C=C\C/C=C\C/C=C\C/C=C\CCCCC(=O)OC(COC(=O)CCCCCCCCCCCCC/C=C\C/C=C\C/C=C\C/C=C\C/C=C\CC)COP(=O)(O)OCC[N+](C)(C)C. The van der Waals surface area contributed by atoms with Crippen molar-refractivity contribution < 1.29 is 42.1 Å². The maximum absolute atomic E-state index is 12.9. The third-order valence-electron chi connectivity index (χ3n) is 13.8. The first kappa shape index (κ1) is 84.6. The zero-order valence-electron chi connectivity index (χ0n) is 57.3. The first-order valence-corrected chi connectivity index (χ1v) is 36.3. The smallest absolute Gasteiger partial charge is 0.462 e. The van der Waals surface area contributed by atoms with E-state index in [2.05, 4.69) is 220 Å². The number of carbonyl (C=O) groups is 2. The monoisotopic (exact) mass is 1260 g/mol. The second-order valence-electron chi connectivity index (χ2n) is 23.4. The van der Waals surface area contributed by atoms with E-state index in [0.29, 0.717) is 17.4 Å². The Bertz CT molecular complexity index is 2270. The van der Waals surface area contributed by atoms with E-state index in [1.54, 1.807) is 0 Å². The maximum Gasteiger partial charge on any atom is 0.472 e. The first-order valence-electron chi connectivity index (χ1n) is 34.8. The van der Waals surface area contributed by atoms with Gasteiger partial charge >= 0.3 is 19.8 Å². The number of unbranched alkanes of at least 4 members (excludes halogenated alkanes) is 13. The van der Waals surface area contributed by atoms with Crippen molar-refractivity contribution in [1.82, 2.24) is 0 Å². The van der Waals surface area contributed by atoms with Crippen LogP contribution < -0.4 is 0 Å². The number of quaternary nitrogens is 1. The number of likely N-dealkylation sites (N-methyl/N-ethyl adjacent to an activating group) is 1. The number of allylic oxidation sites excluding steroid dienone is 34. The average molecular weight is 1260 g/mol. The molecule has 0 radical (unpaired) electrons. The maximum atomic E-state index is 12.9. The minimum atomic E-state index is -4.42. The van der Waals surface area contributed by atoms with Crippen LogP contribution in [0.1, 0.15) is 232 Å². The zero-order valence-corrected chi connectivity index (χ0v) is 58.2. The Morgan fingerprint density at radius 2 is 0.600 bits per heavy atom. The number of carbonyl (C=O) groups excluding carboxylic acids is 2. The second kappa shape index (κ2) is 68.0. The van der Waals surface area contributed by atoms with E-state index in [0.717, 1.165) is 154 Å². The molecule has 0 amide bonds. The molecule has 0 heterocycles. The fourth-order valence-corrected chi connectivity index (χ4v) is 9.29. The third-order valence-corrected chi connectivity index (χ3v) is 14.8. The van der Waals surface area contributed by atoms with Crippen molar-refractivity contribution in [3.63, 3.8) is 0 Å². The van der Waals surface area contributed by atoms with Gasteiger partial charge in [0.25, 0.3) is 0 Å². The Kier molecular flexibility index (Phi) is 63.9. The quantitative estimate of drug-likeness (QED) is 0.0211. The first-order chi connectivity index (χ1) is 44.0. The van der Waals surface area contributed by atoms with Gasteiger partial charge in [-0.15, -0.1) is 0 Å². The molecule has 0 aliphatic rings. The Morgan fingerprint density at radius 1 is 0.344 bits per heavy atom. The molecular formula is C80H127NO8P+. The Hall–Kier alpha value is -5.41. The van der Waals surface area contributed by atoms with Crippen molar-refractivity contribution >= 4 is 19.8 Å². The summed E-state index contributed by atoms with van der Waals surface area (Å²) in [4.78, 5) is 35.8. The molecule has 0 aliphatic carbocycles. The lowest BCUT2D eigenvalue weighted by Gasteiger charge is -2.24. The molecule has 0 saturated carbocycles. The van der Waals surface area contributed by atoms with Crippen molar-refractivity contribution in [1.29, 1.82) is 0 Å². The van der Waals surface area contributed by atoms with E-state index in [-0.39, 0.29) is 26.1 Å². The van der Waals surface area contributed by atoms with Crippen molar-refractivity contribution in [3.05, 3.63) is 207 Å². The summed E-state index contributed by atoms with van der Waals surface area (Å²) < 4.78 is 34.6. The average Bonchev–Trinajstić information content (AvgIpc) is 3.58. The number of rotatable bonds is 61. The minimum absolute atomic E-state index is 0.0110. The van der Waals surface area contributed by atoms with E-state index in [1.807, 2.05) is 21.1 Å². The number of esters is 2. The van der Waals surface area contributed by atoms with Crippen LogP contribution in [-0.2, 0) is 32.7 Å². The fraction of sp³-hybridized carbons (Fsp3) is 0.550. The normalized spacial score (nSPS) is 14.4.